The summed E-state index contributed by atoms with van der Waals surface area (Å²) in [5, 5.41) is 7.03. The van der Waals surface area contributed by atoms with E-state index in [1.807, 2.05) is 43.7 Å². The zero-order valence-corrected chi connectivity index (χ0v) is 12.1. The lowest BCUT2D eigenvalue weighted by Gasteiger charge is -2.07. The number of nitrogens with zero attached hydrogens (tertiary/aromatic N) is 2. The number of ether oxygens (including phenoxy) is 1. The first-order chi connectivity index (χ1) is 10.2. The van der Waals surface area contributed by atoms with Crippen molar-refractivity contribution in [2.45, 2.75) is 12.8 Å². The predicted octanol–water partition coefficient (Wildman–Crippen LogP) is 1.99. The fourth-order valence-electron chi connectivity index (χ4n) is 2.09. The van der Waals surface area contributed by atoms with Crippen LogP contribution in [0.1, 0.15) is 12.8 Å². The molecule has 1 fully saturated rings. The minimum atomic E-state index is -0.0572. The third kappa shape index (κ3) is 3.84. The molecule has 1 N–H and O–H groups in total. The quantitative estimate of drug-likeness (QED) is 0.883. The zero-order chi connectivity index (χ0) is 14.7. The molecule has 0 saturated heterocycles. The SMILES string of the molecule is Cn1cc(-c2ccc(OCC(=O)NCC3CC3)cc2)cn1. The molecule has 0 unspecified atom stereocenters. The number of amides is 1. The molecule has 1 aromatic heterocycles. The number of aryl methyl sites for hydroxylation is 1. The highest BCUT2D eigenvalue weighted by Crippen LogP contribution is 2.27. The van der Waals surface area contributed by atoms with E-state index in [9.17, 15) is 4.79 Å². The second-order valence-electron chi connectivity index (χ2n) is 5.46. The summed E-state index contributed by atoms with van der Waals surface area (Å²) >= 11 is 0. The van der Waals surface area contributed by atoms with Crippen LogP contribution in [0.5, 0.6) is 5.75 Å². The van der Waals surface area contributed by atoms with Crippen molar-refractivity contribution in [3.05, 3.63) is 36.7 Å². The lowest BCUT2D eigenvalue weighted by Crippen LogP contribution is -2.30. The van der Waals surface area contributed by atoms with E-state index in [4.69, 9.17) is 4.74 Å². The van der Waals surface area contributed by atoms with Gasteiger partial charge in [-0.25, -0.2) is 0 Å². The normalized spacial score (nSPS) is 14.0. The summed E-state index contributed by atoms with van der Waals surface area (Å²) in [6, 6.07) is 7.68. The first kappa shape index (κ1) is 13.7. The number of rotatable bonds is 6. The lowest BCUT2D eigenvalue weighted by atomic mass is 10.1. The van der Waals surface area contributed by atoms with Crippen molar-refractivity contribution < 1.29 is 9.53 Å². The molecule has 1 amide bonds. The van der Waals surface area contributed by atoms with Crippen LogP contribution in [0, 0.1) is 5.92 Å². The highest BCUT2D eigenvalue weighted by atomic mass is 16.5. The van der Waals surface area contributed by atoms with E-state index >= 15 is 0 Å². The Morgan fingerprint density at radius 1 is 1.33 bits per heavy atom. The van der Waals surface area contributed by atoms with Gasteiger partial charge >= 0.3 is 0 Å². The minimum absolute atomic E-state index is 0.0572. The van der Waals surface area contributed by atoms with Crippen molar-refractivity contribution >= 4 is 5.91 Å². The van der Waals surface area contributed by atoms with Crippen molar-refractivity contribution in [3.8, 4) is 16.9 Å². The molecule has 5 heteroatoms. The van der Waals surface area contributed by atoms with Gasteiger partial charge in [0.1, 0.15) is 5.75 Å². The number of benzene rings is 1. The maximum Gasteiger partial charge on any atom is 0.257 e. The van der Waals surface area contributed by atoms with Gasteiger partial charge in [0.05, 0.1) is 6.20 Å². The lowest BCUT2D eigenvalue weighted by molar-refractivity contribution is -0.123. The van der Waals surface area contributed by atoms with Gasteiger partial charge in [-0.1, -0.05) is 12.1 Å². The topological polar surface area (TPSA) is 56.1 Å². The Bertz CT molecular complexity index is 615. The first-order valence-corrected chi connectivity index (χ1v) is 7.19. The minimum Gasteiger partial charge on any atom is -0.484 e. The number of nitrogens with one attached hydrogen (secondary N) is 1. The van der Waals surface area contributed by atoms with Crippen molar-refractivity contribution in [2.75, 3.05) is 13.2 Å². The predicted molar refractivity (Wildman–Crippen MR) is 79.9 cm³/mol. The second kappa shape index (κ2) is 5.99. The van der Waals surface area contributed by atoms with E-state index in [2.05, 4.69) is 10.4 Å². The monoisotopic (exact) mass is 285 g/mol. The van der Waals surface area contributed by atoms with Gasteiger partial charge in [-0.15, -0.1) is 0 Å². The van der Waals surface area contributed by atoms with Crippen LogP contribution in [0.2, 0.25) is 0 Å². The standard InChI is InChI=1S/C16H19N3O2/c1-19-10-14(9-18-19)13-4-6-15(7-5-13)21-11-16(20)17-8-12-2-3-12/h4-7,9-10,12H,2-3,8,11H2,1H3,(H,17,20). The molecule has 0 spiro atoms. The molecule has 0 aliphatic heterocycles. The molecule has 2 aromatic rings. The molecule has 1 saturated carbocycles. The van der Waals surface area contributed by atoms with Gasteiger partial charge in [0.25, 0.3) is 5.91 Å². The van der Waals surface area contributed by atoms with Crippen molar-refractivity contribution in [3.63, 3.8) is 0 Å². The van der Waals surface area contributed by atoms with Crippen LogP contribution < -0.4 is 10.1 Å². The average molecular weight is 285 g/mol. The average Bonchev–Trinajstić information content (AvgIpc) is 3.23. The highest BCUT2D eigenvalue weighted by Gasteiger charge is 2.21. The van der Waals surface area contributed by atoms with Crippen LogP contribution in [0.4, 0.5) is 0 Å². The van der Waals surface area contributed by atoms with Crippen molar-refractivity contribution in [1.82, 2.24) is 15.1 Å². The van der Waals surface area contributed by atoms with Crippen molar-refractivity contribution in [2.24, 2.45) is 13.0 Å². The molecule has 3 rings (SSSR count). The third-order valence-corrected chi connectivity index (χ3v) is 3.55. The Morgan fingerprint density at radius 2 is 2.10 bits per heavy atom. The van der Waals surface area contributed by atoms with Gasteiger partial charge < -0.3 is 10.1 Å². The Balaban J connectivity index is 1.50. The molecule has 1 heterocycles. The summed E-state index contributed by atoms with van der Waals surface area (Å²) in [6.45, 7) is 0.848. The van der Waals surface area contributed by atoms with Gasteiger partial charge in [0.2, 0.25) is 0 Å². The molecule has 5 nitrogen and oxygen atoms in total. The molecule has 1 aromatic carbocycles. The summed E-state index contributed by atoms with van der Waals surface area (Å²) in [5.41, 5.74) is 2.14. The van der Waals surface area contributed by atoms with E-state index in [0.29, 0.717) is 11.7 Å². The molecular formula is C16H19N3O2. The van der Waals surface area contributed by atoms with Crippen LogP contribution in [0.25, 0.3) is 11.1 Å². The maximum atomic E-state index is 11.6. The Morgan fingerprint density at radius 3 is 2.71 bits per heavy atom. The zero-order valence-electron chi connectivity index (χ0n) is 12.1. The summed E-state index contributed by atoms with van der Waals surface area (Å²) in [5.74, 6) is 1.33. The Kier molecular flexibility index (Phi) is 3.90. The Hall–Kier alpha value is -2.30. The first-order valence-electron chi connectivity index (χ1n) is 7.19. The summed E-state index contributed by atoms with van der Waals surface area (Å²) in [7, 11) is 1.89. The van der Waals surface area contributed by atoms with Gasteiger partial charge in [-0.2, -0.15) is 5.10 Å². The maximum absolute atomic E-state index is 11.6. The number of aromatic nitrogens is 2. The smallest absolute Gasteiger partial charge is 0.257 e. The number of carbonyl (C=O) groups is 1. The summed E-state index contributed by atoms with van der Waals surface area (Å²) < 4.78 is 7.25. The van der Waals surface area contributed by atoms with E-state index in [1.54, 1.807) is 4.68 Å². The van der Waals surface area contributed by atoms with E-state index in [-0.39, 0.29) is 12.5 Å². The number of carbonyl (C=O) groups excluding carboxylic acids is 1. The van der Waals surface area contributed by atoms with Crippen LogP contribution in [-0.2, 0) is 11.8 Å². The van der Waals surface area contributed by atoms with Gasteiger partial charge in [0, 0.05) is 25.4 Å². The molecule has 21 heavy (non-hydrogen) atoms. The molecule has 0 radical (unpaired) electrons. The summed E-state index contributed by atoms with van der Waals surface area (Å²) in [6.07, 6.45) is 6.25. The fourth-order valence-corrected chi connectivity index (χ4v) is 2.09. The van der Waals surface area contributed by atoms with Crippen LogP contribution >= 0.6 is 0 Å². The molecule has 110 valence electrons. The molecule has 0 bridgehead atoms. The van der Waals surface area contributed by atoms with E-state index in [0.717, 1.165) is 17.7 Å². The molecular weight excluding hydrogens is 266 g/mol. The molecule has 1 aliphatic carbocycles. The second-order valence-corrected chi connectivity index (χ2v) is 5.46. The largest absolute Gasteiger partial charge is 0.484 e. The van der Waals surface area contributed by atoms with E-state index < -0.39 is 0 Å². The number of hydrogen-bond donors (Lipinski definition) is 1. The van der Waals surface area contributed by atoms with E-state index in [1.165, 1.54) is 12.8 Å². The fraction of sp³-hybridized carbons (Fsp3) is 0.375. The van der Waals surface area contributed by atoms with Gasteiger partial charge in [-0.3, -0.25) is 9.48 Å². The van der Waals surface area contributed by atoms with Crippen LogP contribution in [-0.4, -0.2) is 28.8 Å². The molecule has 0 atom stereocenters. The summed E-state index contributed by atoms with van der Waals surface area (Å²) in [4.78, 5) is 11.6. The van der Waals surface area contributed by atoms with Crippen LogP contribution in [0.15, 0.2) is 36.7 Å². The third-order valence-electron chi connectivity index (χ3n) is 3.55. The van der Waals surface area contributed by atoms with Gasteiger partial charge in [-0.05, 0) is 36.5 Å². The highest BCUT2D eigenvalue weighted by molar-refractivity contribution is 5.77. The number of hydrogen-bond acceptors (Lipinski definition) is 3. The Labute approximate surface area is 123 Å². The van der Waals surface area contributed by atoms with Gasteiger partial charge in [0.15, 0.2) is 6.61 Å². The molecule has 1 aliphatic rings. The van der Waals surface area contributed by atoms with Crippen molar-refractivity contribution in [1.29, 1.82) is 0 Å². The van der Waals surface area contributed by atoms with Crippen LogP contribution in [0.3, 0.4) is 0 Å².